The molecule has 0 spiro atoms. The van der Waals surface area contributed by atoms with Gasteiger partial charge in [0.2, 0.25) is 65.0 Å². The van der Waals surface area contributed by atoms with Crippen LogP contribution in [0.15, 0.2) is 12.2 Å². The van der Waals surface area contributed by atoms with Gasteiger partial charge in [-0.05, 0) is 95.3 Å². The Balaban J connectivity index is 4.21. The number of rotatable bonds is 13. The first-order valence-electron chi connectivity index (χ1n) is 29.2. The quantitative estimate of drug-likeness (QED) is 0.166. The number of aliphatic hydroxyl groups is 1. The number of likely N-dealkylation sites (N-methyl/N-ethyl adjacent to an activating group) is 7. The second-order valence-corrected chi connectivity index (χ2v) is 24.6. The van der Waals surface area contributed by atoms with E-state index in [4.69, 9.17) is 0 Å². The lowest BCUT2D eigenvalue weighted by Gasteiger charge is -2.41. The van der Waals surface area contributed by atoms with Crippen LogP contribution in [-0.4, -0.2) is 227 Å². The molecule has 0 bridgehead atoms. The smallest absolute Gasteiger partial charge is 0.246 e. The Kier molecular flexibility index (Phi) is 29.9. The molecule has 1 aliphatic rings. The minimum Gasteiger partial charge on any atom is -0.390 e. The van der Waals surface area contributed by atoms with E-state index in [1.54, 1.807) is 60.6 Å². The van der Waals surface area contributed by atoms with E-state index in [0.29, 0.717) is 6.42 Å². The summed E-state index contributed by atoms with van der Waals surface area (Å²) < 4.78 is 0. The standard InChI is InChI=1S/C59H105N11O12/c1-24-26-27-37(13)49(72)48-53(76)62-41(25-2)56(79)64(17)31-45(71)66(19)42(28-32(3)4)52(75)63-46(35(9)10)58(81)67(20)43(29-33(5)6)51(74)60-38(14)50(73)61-39(15)54(77)65(18)40(16)55(78)68(21)44(30-34(7)8)57(80)69(22)47(36(11)12)59(82)70(48)23/h24,26,32-44,46-49,72H,25,27-31H2,1-23H3,(H,60,74)(H,61,73)(H,62,76)(H,63,75)/b26-24+/t37?,38-,39+,40-,41-,42-,43-,44-,46-,47-,48?,49-/m1/s1. The molecule has 0 aromatic heterocycles. The van der Waals surface area contributed by atoms with Gasteiger partial charge in [-0.2, -0.15) is 0 Å². The minimum atomic E-state index is -1.61. The van der Waals surface area contributed by atoms with Crippen molar-refractivity contribution in [2.75, 3.05) is 55.9 Å². The van der Waals surface area contributed by atoms with Gasteiger partial charge in [-0.15, -0.1) is 0 Å². The van der Waals surface area contributed by atoms with E-state index >= 15 is 4.79 Å². The maximum Gasteiger partial charge on any atom is 0.246 e. The first-order valence-corrected chi connectivity index (χ1v) is 29.2. The Bertz CT molecular complexity index is 2260. The highest BCUT2D eigenvalue weighted by molar-refractivity contribution is 5.99. The van der Waals surface area contributed by atoms with E-state index in [0.717, 1.165) is 14.7 Å². The molecule has 11 amide bonds. The van der Waals surface area contributed by atoms with E-state index in [1.165, 1.54) is 89.7 Å². The van der Waals surface area contributed by atoms with Crippen LogP contribution in [0, 0.1) is 35.5 Å². The molecule has 1 rings (SSSR count). The van der Waals surface area contributed by atoms with E-state index < -0.39 is 156 Å². The van der Waals surface area contributed by atoms with Crippen LogP contribution >= 0.6 is 0 Å². The summed E-state index contributed by atoms with van der Waals surface area (Å²) in [5.74, 6) is -9.65. The number of carbonyl (C=O) groups is 11. The fraction of sp³-hybridized carbons (Fsp3) is 0.780. The van der Waals surface area contributed by atoms with Crippen LogP contribution in [-0.2, 0) is 52.7 Å². The van der Waals surface area contributed by atoms with Gasteiger partial charge >= 0.3 is 0 Å². The maximum absolute atomic E-state index is 15.0. The van der Waals surface area contributed by atoms with E-state index in [2.05, 4.69) is 21.3 Å². The molecule has 82 heavy (non-hydrogen) atoms. The summed E-state index contributed by atoms with van der Waals surface area (Å²) in [6.07, 6.45) is 2.88. The van der Waals surface area contributed by atoms with E-state index in [-0.39, 0.29) is 43.4 Å². The molecule has 1 aliphatic heterocycles. The molecule has 1 heterocycles. The van der Waals surface area contributed by atoms with Crippen molar-refractivity contribution in [3.05, 3.63) is 12.2 Å². The molecule has 23 nitrogen and oxygen atoms in total. The Morgan fingerprint density at radius 2 is 0.951 bits per heavy atom. The van der Waals surface area contributed by atoms with Gasteiger partial charge in [0, 0.05) is 49.3 Å². The lowest BCUT2D eigenvalue weighted by molar-refractivity contribution is -0.157. The highest BCUT2D eigenvalue weighted by Crippen LogP contribution is 2.25. The lowest BCUT2D eigenvalue weighted by Crippen LogP contribution is -2.63. The molecule has 23 heteroatoms. The second kappa shape index (κ2) is 33.2. The zero-order valence-corrected chi connectivity index (χ0v) is 53.8. The summed E-state index contributed by atoms with van der Waals surface area (Å²) in [6.45, 7) is 26.9. The Hall–Kier alpha value is -6.13. The first-order chi connectivity index (χ1) is 37.8. The van der Waals surface area contributed by atoms with Crippen molar-refractivity contribution in [3.63, 3.8) is 0 Å². The summed E-state index contributed by atoms with van der Waals surface area (Å²) >= 11 is 0. The summed E-state index contributed by atoms with van der Waals surface area (Å²) in [7, 11) is 9.78. The third kappa shape index (κ3) is 20.1. The van der Waals surface area contributed by atoms with Crippen molar-refractivity contribution in [1.82, 2.24) is 55.6 Å². The lowest BCUT2D eigenvalue weighted by atomic mass is 9.91. The van der Waals surface area contributed by atoms with E-state index in [1.807, 2.05) is 41.5 Å². The molecule has 0 radical (unpaired) electrons. The van der Waals surface area contributed by atoms with E-state index in [9.17, 15) is 53.1 Å². The number of hydrogen-bond acceptors (Lipinski definition) is 12. The molecule has 0 aromatic carbocycles. The molecule has 0 saturated carbocycles. The molecular weight excluding hydrogens is 1050 g/mol. The largest absolute Gasteiger partial charge is 0.390 e. The number of hydrogen-bond donors (Lipinski definition) is 5. The van der Waals surface area contributed by atoms with Crippen LogP contribution in [0.25, 0.3) is 0 Å². The highest BCUT2D eigenvalue weighted by Gasteiger charge is 2.45. The number of aliphatic hydroxyl groups excluding tert-OH is 1. The summed E-state index contributed by atoms with van der Waals surface area (Å²) in [4.78, 5) is 166. The van der Waals surface area contributed by atoms with Gasteiger partial charge in [0.25, 0.3) is 0 Å². The van der Waals surface area contributed by atoms with Crippen LogP contribution in [0.1, 0.15) is 143 Å². The highest BCUT2D eigenvalue weighted by atomic mass is 16.3. The Morgan fingerprint density at radius 3 is 1.43 bits per heavy atom. The monoisotopic (exact) mass is 1160 g/mol. The Morgan fingerprint density at radius 1 is 0.488 bits per heavy atom. The molecule has 1 saturated heterocycles. The molecular formula is C59H105N11O12. The van der Waals surface area contributed by atoms with Crippen molar-refractivity contribution in [1.29, 1.82) is 0 Å². The molecule has 0 aromatic rings. The SMILES string of the molecule is C/C=C/CC(C)[C@@H](O)C1C(=O)N[C@H](CC)C(=O)N(C)CC(=O)N(C)[C@H](CC(C)C)C(=O)N[C@H](C(C)C)C(=O)N(C)[C@H](CC(C)C)C(=O)N[C@H](C)C(=O)N[C@@H](C)C(=O)N(C)[C@H](C)C(=O)N(C)[C@H](CC(C)C)C(=O)N(C)[C@H](C(C)C)C(=O)N1C. The van der Waals surface area contributed by atoms with Gasteiger partial charge in [-0.3, -0.25) is 52.7 Å². The van der Waals surface area contributed by atoms with Crippen molar-refractivity contribution in [3.8, 4) is 0 Å². The van der Waals surface area contributed by atoms with Crippen LogP contribution in [0.3, 0.4) is 0 Å². The summed E-state index contributed by atoms with van der Waals surface area (Å²) in [6, 6.07) is -12.3. The third-order valence-electron chi connectivity index (χ3n) is 15.6. The van der Waals surface area contributed by atoms with Gasteiger partial charge < -0.3 is 60.7 Å². The maximum atomic E-state index is 15.0. The van der Waals surface area contributed by atoms with Crippen LogP contribution < -0.4 is 21.3 Å². The van der Waals surface area contributed by atoms with Gasteiger partial charge in [0.15, 0.2) is 0 Å². The normalized spacial score (nSPS) is 27.4. The van der Waals surface area contributed by atoms with Crippen LogP contribution in [0.5, 0.6) is 0 Å². The van der Waals surface area contributed by atoms with Crippen molar-refractivity contribution < 1.29 is 57.8 Å². The topological polar surface area (TPSA) is 279 Å². The second-order valence-electron chi connectivity index (χ2n) is 24.6. The average molecular weight is 1160 g/mol. The van der Waals surface area contributed by atoms with Crippen LogP contribution in [0.4, 0.5) is 0 Å². The van der Waals surface area contributed by atoms with Gasteiger partial charge in [0.05, 0.1) is 12.6 Å². The number of nitrogens with zero attached hydrogens (tertiary/aromatic N) is 7. The minimum absolute atomic E-state index is 0.0235. The molecule has 5 N–H and O–H groups in total. The Labute approximate surface area is 489 Å². The average Bonchev–Trinajstić information content (AvgIpc) is 3.59. The molecule has 468 valence electrons. The molecule has 0 aliphatic carbocycles. The van der Waals surface area contributed by atoms with Crippen molar-refractivity contribution >= 4 is 65.0 Å². The number of amides is 11. The van der Waals surface area contributed by atoms with Crippen LogP contribution in [0.2, 0.25) is 0 Å². The van der Waals surface area contributed by atoms with Crippen molar-refractivity contribution in [2.24, 2.45) is 35.5 Å². The molecule has 12 atom stereocenters. The predicted molar refractivity (Wildman–Crippen MR) is 315 cm³/mol. The summed E-state index contributed by atoms with van der Waals surface area (Å²) in [5, 5.41) is 22.9. The zero-order valence-electron chi connectivity index (χ0n) is 53.8. The molecule has 2 unspecified atom stereocenters. The van der Waals surface area contributed by atoms with Gasteiger partial charge in [-0.1, -0.05) is 95.2 Å². The van der Waals surface area contributed by atoms with Gasteiger partial charge in [0.1, 0.15) is 60.4 Å². The predicted octanol–water partition coefficient (Wildman–Crippen LogP) is 2.24. The van der Waals surface area contributed by atoms with Gasteiger partial charge in [-0.25, -0.2) is 0 Å². The third-order valence-corrected chi connectivity index (χ3v) is 15.6. The zero-order chi connectivity index (χ0) is 63.7. The fourth-order valence-corrected chi connectivity index (χ4v) is 10.1. The summed E-state index contributed by atoms with van der Waals surface area (Å²) in [5.41, 5.74) is 0. The first kappa shape index (κ1) is 73.9. The molecule has 1 fully saturated rings. The number of carbonyl (C=O) groups excluding carboxylic acids is 11. The number of nitrogens with one attached hydrogen (secondary N) is 4. The van der Waals surface area contributed by atoms with Crippen molar-refractivity contribution in [2.45, 2.75) is 209 Å². The number of allylic oxidation sites excluding steroid dienone is 2. The fourth-order valence-electron chi connectivity index (χ4n) is 10.1.